The molecule has 0 aromatic heterocycles. The first kappa shape index (κ1) is 16.9. The van der Waals surface area contributed by atoms with Crippen LogP contribution in [-0.2, 0) is 11.0 Å². The normalized spacial score (nSPS) is 21.4. The number of nitrogens with one attached hydrogen (secondary N) is 1. The molecule has 0 spiro atoms. The number of carbonyl (C=O) groups is 2. The van der Waals surface area contributed by atoms with Crippen molar-refractivity contribution in [3.63, 3.8) is 0 Å². The van der Waals surface area contributed by atoms with Crippen molar-refractivity contribution in [1.82, 2.24) is 5.32 Å². The maximum absolute atomic E-state index is 12.7. The van der Waals surface area contributed by atoms with Crippen molar-refractivity contribution >= 4 is 17.5 Å². The summed E-state index contributed by atoms with van der Waals surface area (Å²) in [5, 5.41) is 2.67. The number of rotatable bonds is 1. The van der Waals surface area contributed by atoms with Crippen molar-refractivity contribution in [3.8, 4) is 0 Å². The van der Waals surface area contributed by atoms with Crippen LogP contribution < -0.4 is 5.32 Å². The molecule has 1 N–H and O–H groups in total. The van der Waals surface area contributed by atoms with Crippen LogP contribution in [0.4, 0.5) is 13.2 Å². The molecular weight excluding hydrogens is 333 g/mol. The Bertz CT molecular complexity index is 877. The molecule has 128 valence electrons. The van der Waals surface area contributed by atoms with Gasteiger partial charge in [-0.2, -0.15) is 13.2 Å². The van der Waals surface area contributed by atoms with Crippen molar-refractivity contribution < 1.29 is 22.8 Å². The van der Waals surface area contributed by atoms with Gasteiger partial charge in [-0.25, -0.2) is 4.99 Å². The monoisotopic (exact) mass is 346 g/mol. The molecule has 0 fully saturated rings. The average Bonchev–Trinajstić information content (AvgIpc) is 2.53. The number of benzene rings is 1. The van der Waals surface area contributed by atoms with Crippen molar-refractivity contribution in [2.75, 3.05) is 0 Å². The van der Waals surface area contributed by atoms with Crippen molar-refractivity contribution in [2.45, 2.75) is 13.1 Å². The van der Waals surface area contributed by atoms with Gasteiger partial charge in [-0.1, -0.05) is 17.7 Å². The zero-order valence-electron chi connectivity index (χ0n) is 13.1. The van der Waals surface area contributed by atoms with Crippen LogP contribution in [0.3, 0.4) is 0 Å². The first-order valence-electron chi connectivity index (χ1n) is 7.43. The molecule has 1 heterocycles. The Labute approximate surface area is 141 Å². The SMILES string of the molecule is CC1=CC(=O)NC2=CC(=NC(=O)c3cccc(C(F)(F)F)c3)C=CC12. The molecular formula is C18H13F3N2O2. The van der Waals surface area contributed by atoms with E-state index >= 15 is 0 Å². The fourth-order valence-corrected chi connectivity index (χ4v) is 2.66. The van der Waals surface area contributed by atoms with Crippen LogP contribution in [0.15, 0.2) is 64.8 Å². The number of nitrogens with zero attached hydrogens (tertiary/aromatic N) is 1. The number of hydrogen-bond acceptors (Lipinski definition) is 2. The number of halogens is 3. The zero-order valence-corrected chi connectivity index (χ0v) is 13.1. The second-order valence-corrected chi connectivity index (χ2v) is 5.73. The van der Waals surface area contributed by atoms with E-state index in [4.69, 9.17) is 0 Å². The van der Waals surface area contributed by atoms with Crippen molar-refractivity contribution in [1.29, 1.82) is 0 Å². The molecule has 2 aliphatic rings. The first-order valence-corrected chi connectivity index (χ1v) is 7.43. The topological polar surface area (TPSA) is 58.5 Å². The molecule has 1 aliphatic heterocycles. The van der Waals surface area contributed by atoms with Crippen LogP contribution in [-0.4, -0.2) is 17.5 Å². The van der Waals surface area contributed by atoms with E-state index in [0.29, 0.717) is 5.70 Å². The van der Waals surface area contributed by atoms with Gasteiger partial charge < -0.3 is 5.32 Å². The Balaban J connectivity index is 1.87. The highest BCUT2D eigenvalue weighted by Gasteiger charge is 2.31. The third-order valence-electron chi connectivity index (χ3n) is 3.88. The van der Waals surface area contributed by atoms with E-state index in [-0.39, 0.29) is 23.1 Å². The predicted octanol–water partition coefficient (Wildman–Crippen LogP) is 3.43. The molecule has 1 unspecified atom stereocenters. The summed E-state index contributed by atoms with van der Waals surface area (Å²) in [5.74, 6) is -1.14. The number of alkyl halides is 3. The molecule has 4 nitrogen and oxygen atoms in total. The Kier molecular flexibility index (Phi) is 4.16. The number of aliphatic imine (C=N–C) groups is 1. The maximum atomic E-state index is 12.7. The van der Waals surface area contributed by atoms with E-state index in [1.165, 1.54) is 12.1 Å². The van der Waals surface area contributed by atoms with Crippen molar-refractivity contribution in [2.24, 2.45) is 10.9 Å². The summed E-state index contributed by atoms with van der Waals surface area (Å²) in [6.45, 7) is 1.82. The molecule has 0 saturated carbocycles. The standard InChI is InChI=1S/C18H13F3N2O2/c1-10-7-16(24)23-15-9-13(5-6-14(10)15)22-17(25)11-3-2-4-12(8-11)18(19,20)21/h2-9,14H,1H3,(H,23,24). The molecule has 2 amide bonds. The minimum atomic E-state index is -4.53. The van der Waals surface area contributed by atoms with Crippen LogP contribution in [0.1, 0.15) is 22.8 Å². The number of fused-ring (bicyclic) bond motifs is 1. The van der Waals surface area contributed by atoms with Gasteiger partial charge in [0.1, 0.15) is 0 Å². The smallest absolute Gasteiger partial charge is 0.325 e. The summed E-state index contributed by atoms with van der Waals surface area (Å²) >= 11 is 0. The van der Waals surface area contributed by atoms with Gasteiger partial charge in [0.15, 0.2) is 0 Å². The van der Waals surface area contributed by atoms with Crippen LogP contribution in [0, 0.1) is 5.92 Å². The molecule has 1 aliphatic carbocycles. The summed E-state index contributed by atoms with van der Waals surface area (Å²) in [6, 6.07) is 4.10. The molecule has 1 aromatic carbocycles. The summed E-state index contributed by atoms with van der Waals surface area (Å²) in [4.78, 5) is 27.6. The highest BCUT2D eigenvalue weighted by atomic mass is 19.4. The fraction of sp³-hybridized carbons (Fsp3) is 0.167. The minimum absolute atomic E-state index is 0.0969. The summed E-state index contributed by atoms with van der Waals surface area (Å²) in [7, 11) is 0. The molecule has 0 bridgehead atoms. The lowest BCUT2D eigenvalue weighted by Gasteiger charge is -2.25. The quantitative estimate of drug-likeness (QED) is 0.847. The van der Waals surface area contributed by atoms with E-state index < -0.39 is 17.6 Å². The van der Waals surface area contributed by atoms with Crippen LogP contribution in [0.2, 0.25) is 0 Å². The zero-order chi connectivity index (χ0) is 18.2. The van der Waals surface area contributed by atoms with Gasteiger partial charge in [-0.05, 0) is 37.3 Å². The Morgan fingerprint density at radius 1 is 1.24 bits per heavy atom. The Hall–Kier alpha value is -2.96. The molecule has 7 heteroatoms. The van der Waals surface area contributed by atoms with Crippen LogP contribution in [0.5, 0.6) is 0 Å². The molecule has 25 heavy (non-hydrogen) atoms. The van der Waals surface area contributed by atoms with E-state index in [0.717, 1.165) is 23.8 Å². The van der Waals surface area contributed by atoms with E-state index in [1.54, 1.807) is 18.2 Å². The highest BCUT2D eigenvalue weighted by molar-refractivity contribution is 6.14. The number of hydrogen-bond donors (Lipinski definition) is 1. The third-order valence-corrected chi connectivity index (χ3v) is 3.88. The van der Waals surface area contributed by atoms with Gasteiger partial charge in [0, 0.05) is 23.3 Å². The molecule has 1 aromatic rings. The molecule has 0 saturated heterocycles. The number of carbonyl (C=O) groups excluding carboxylic acids is 2. The lowest BCUT2D eigenvalue weighted by atomic mass is 9.89. The molecule has 0 radical (unpaired) electrons. The lowest BCUT2D eigenvalue weighted by Crippen LogP contribution is -2.32. The minimum Gasteiger partial charge on any atom is -0.325 e. The van der Waals surface area contributed by atoms with E-state index in [2.05, 4.69) is 10.3 Å². The third kappa shape index (κ3) is 3.60. The van der Waals surface area contributed by atoms with Gasteiger partial charge in [-0.15, -0.1) is 0 Å². The summed E-state index contributed by atoms with van der Waals surface area (Å²) in [5.41, 5.74) is 0.651. The lowest BCUT2D eigenvalue weighted by molar-refractivity contribution is -0.137. The van der Waals surface area contributed by atoms with E-state index in [9.17, 15) is 22.8 Å². The molecule has 3 rings (SSSR count). The maximum Gasteiger partial charge on any atom is 0.416 e. The van der Waals surface area contributed by atoms with Gasteiger partial charge in [0.05, 0.1) is 11.3 Å². The second kappa shape index (κ2) is 6.16. The average molecular weight is 346 g/mol. The van der Waals surface area contributed by atoms with Gasteiger partial charge in [-0.3, -0.25) is 9.59 Å². The van der Waals surface area contributed by atoms with Gasteiger partial charge in [0.25, 0.3) is 5.91 Å². The number of allylic oxidation sites excluding steroid dienone is 3. The Morgan fingerprint density at radius 3 is 2.72 bits per heavy atom. The first-order chi connectivity index (χ1) is 11.7. The summed E-state index contributed by atoms with van der Waals surface area (Å²) in [6.07, 6.45) is 1.89. The predicted molar refractivity (Wildman–Crippen MR) is 85.8 cm³/mol. The van der Waals surface area contributed by atoms with Crippen molar-refractivity contribution in [3.05, 3.63) is 71.0 Å². The van der Waals surface area contributed by atoms with Gasteiger partial charge >= 0.3 is 6.18 Å². The molecule has 1 atom stereocenters. The van der Waals surface area contributed by atoms with Gasteiger partial charge in [0.2, 0.25) is 5.91 Å². The highest BCUT2D eigenvalue weighted by Crippen LogP contribution is 2.30. The van der Waals surface area contributed by atoms with Crippen LogP contribution >= 0.6 is 0 Å². The number of amides is 2. The van der Waals surface area contributed by atoms with E-state index in [1.807, 2.05) is 6.92 Å². The van der Waals surface area contributed by atoms with Crippen LogP contribution in [0.25, 0.3) is 0 Å². The second-order valence-electron chi connectivity index (χ2n) is 5.73. The largest absolute Gasteiger partial charge is 0.416 e. The fourth-order valence-electron chi connectivity index (χ4n) is 2.66. The Morgan fingerprint density at radius 2 is 2.00 bits per heavy atom. The summed E-state index contributed by atoms with van der Waals surface area (Å²) < 4.78 is 38.2.